The molecule has 2 aromatic carbocycles. The number of hydrogen-bond acceptors (Lipinski definition) is 3. The Morgan fingerprint density at radius 1 is 1.13 bits per heavy atom. The zero-order valence-corrected chi connectivity index (χ0v) is 21.3. The Hall–Kier alpha value is -3.78. The number of nitrogens with zero attached hydrogens (tertiary/aromatic N) is 2. The second-order valence-electron chi connectivity index (χ2n) is 10.5. The first-order chi connectivity index (χ1) is 18.4. The molecule has 3 aromatic rings. The average Bonchev–Trinajstić information content (AvgIpc) is 3.67. The lowest BCUT2D eigenvalue weighted by molar-refractivity contribution is -0.110. The number of nitrogens with one attached hydrogen (secondary N) is 2. The van der Waals surface area contributed by atoms with Crippen LogP contribution in [-0.4, -0.2) is 65.0 Å². The molecule has 2 saturated heterocycles. The van der Waals surface area contributed by atoms with Crippen LogP contribution in [0.4, 0.5) is 14.5 Å². The molecule has 0 unspecified atom stereocenters. The maximum absolute atomic E-state index is 14.0. The van der Waals surface area contributed by atoms with Crippen LogP contribution in [-0.2, 0) is 4.79 Å². The Bertz CT molecular complexity index is 1450. The number of H-pyrrole nitrogens is 1. The first kappa shape index (κ1) is 24.6. The summed E-state index contributed by atoms with van der Waals surface area (Å²) in [7, 11) is 0. The van der Waals surface area contributed by atoms with E-state index in [-0.39, 0.29) is 23.7 Å². The second-order valence-corrected chi connectivity index (χ2v) is 10.5. The van der Waals surface area contributed by atoms with E-state index in [2.05, 4.69) is 15.2 Å². The van der Waals surface area contributed by atoms with Crippen LogP contribution in [0, 0.1) is 12.7 Å². The number of anilines is 1. The van der Waals surface area contributed by atoms with Gasteiger partial charge in [-0.2, -0.15) is 0 Å². The minimum absolute atomic E-state index is 0.0404. The predicted octanol–water partition coefficient (Wildman–Crippen LogP) is 5.27. The van der Waals surface area contributed by atoms with Gasteiger partial charge in [0.15, 0.2) is 0 Å². The Morgan fingerprint density at radius 3 is 2.76 bits per heavy atom. The lowest BCUT2D eigenvalue weighted by atomic mass is 9.94. The highest BCUT2D eigenvalue weighted by molar-refractivity contribution is 6.36. The fourth-order valence-electron chi connectivity index (χ4n) is 6.03. The number of aryl methyl sites for hydroxylation is 1. The quantitative estimate of drug-likeness (QED) is 0.454. The van der Waals surface area contributed by atoms with Gasteiger partial charge in [0.1, 0.15) is 12.0 Å². The van der Waals surface area contributed by atoms with E-state index in [0.29, 0.717) is 59.7 Å². The molecule has 0 radical (unpaired) electrons. The molecule has 0 spiro atoms. The molecule has 196 valence electrons. The van der Waals surface area contributed by atoms with Gasteiger partial charge in [-0.1, -0.05) is 24.3 Å². The number of fused-ring (bicyclic) bond motifs is 1. The third-order valence-electron chi connectivity index (χ3n) is 7.79. The third-order valence-corrected chi connectivity index (χ3v) is 7.79. The van der Waals surface area contributed by atoms with Crippen molar-refractivity contribution >= 4 is 29.2 Å². The normalized spacial score (nSPS) is 22.3. The third kappa shape index (κ3) is 4.53. The molecule has 0 saturated carbocycles. The standard InChI is InChI=1S/C30H30F2N4O2/c1-18-13-24(30(38)36-11-4-7-22(36)17-35-12-10-21(32)16-35)27(33-18)15-25-28-23(19-5-2-6-20(31)14-19)8-3-9-26(28)34-29(25)37/h2-3,5-6,8-9,13-15,21-22,33H,4,7,10-12,16-17H2,1H3,(H,34,37)/b25-15-/t21-,22+/m0/s1. The largest absolute Gasteiger partial charge is 0.358 e. The van der Waals surface area contributed by atoms with Gasteiger partial charge in [-0.25, -0.2) is 8.78 Å². The summed E-state index contributed by atoms with van der Waals surface area (Å²) in [5.41, 5.74) is 5.04. The van der Waals surface area contributed by atoms with Gasteiger partial charge in [-0.05, 0) is 67.7 Å². The van der Waals surface area contributed by atoms with Crippen LogP contribution in [0.3, 0.4) is 0 Å². The van der Waals surface area contributed by atoms with Gasteiger partial charge >= 0.3 is 0 Å². The summed E-state index contributed by atoms with van der Waals surface area (Å²) >= 11 is 0. The first-order valence-electron chi connectivity index (χ1n) is 13.2. The molecular formula is C30H30F2N4O2. The summed E-state index contributed by atoms with van der Waals surface area (Å²) in [6.07, 6.45) is 3.30. The number of likely N-dealkylation sites (tertiary alicyclic amines) is 2. The van der Waals surface area contributed by atoms with Crippen molar-refractivity contribution in [2.45, 2.75) is 38.4 Å². The molecule has 6 nitrogen and oxygen atoms in total. The maximum atomic E-state index is 14.0. The van der Waals surface area contributed by atoms with E-state index in [9.17, 15) is 18.4 Å². The molecule has 0 bridgehead atoms. The molecule has 1 aromatic heterocycles. The summed E-state index contributed by atoms with van der Waals surface area (Å²) in [6.45, 7) is 4.37. The van der Waals surface area contributed by atoms with Crippen molar-refractivity contribution in [3.8, 4) is 11.1 Å². The van der Waals surface area contributed by atoms with Crippen molar-refractivity contribution in [1.29, 1.82) is 0 Å². The highest BCUT2D eigenvalue weighted by atomic mass is 19.1. The molecule has 4 heterocycles. The summed E-state index contributed by atoms with van der Waals surface area (Å²) in [4.78, 5) is 34.2. The van der Waals surface area contributed by atoms with Crippen LogP contribution >= 0.6 is 0 Å². The van der Waals surface area contributed by atoms with Crippen LogP contribution in [0.1, 0.15) is 46.6 Å². The SMILES string of the molecule is Cc1cc(C(=O)N2CCC[C@@H]2CN2CC[C@H](F)C2)c(/C=C2\C(=O)Nc3cccc(-c4cccc(F)c4)c32)[nH]1. The predicted molar refractivity (Wildman–Crippen MR) is 144 cm³/mol. The van der Waals surface area contributed by atoms with Gasteiger partial charge in [0, 0.05) is 49.2 Å². The minimum atomic E-state index is -0.788. The first-order valence-corrected chi connectivity index (χ1v) is 13.2. The molecule has 2 amide bonds. The van der Waals surface area contributed by atoms with Crippen LogP contribution in [0.25, 0.3) is 22.8 Å². The van der Waals surface area contributed by atoms with Crippen molar-refractivity contribution in [3.05, 3.63) is 76.9 Å². The van der Waals surface area contributed by atoms with Crippen LogP contribution < -0.4 is 5.32 Å². The highest BCUT2D eigenvalue weighted by Crippen LogP contribution is 2.41. The molecule has 2 N–H and O–H groups in total. The summed E-state index contributed by atoms with van der Waals surface area (Å²) in [5, 5.41) is 2.91. The number of halogens is 2. The van der Waals surface area contributed by atoms with E-state index in [1.54, 1.807) is 12.1 Å². The monoisotopic (exact) mass is 516 g/mol. The Kier molecular flexibility index (Phi) is 6.35. The van der Waals surface area contributed by atoms with E-state index in [0.717, 1.165) is 30.6 Å². The van der Waals surface area contributed by atoms with Gasteiger partial charge in [-0.3, -0.25) is 14.5 Å². The molecule has 38 heavy (non-hydrogen) atoms. The van der Waals surface area contributed by atoms with Gasteiger partial charge in [0.05, 0.1) is 16.8 Å². The van der Waals surface area contributed by atoms with E-state index < -0.39 is 6.17 Å². The molecule has 2 fully saturated rings. The molecule has 3 aliphatic rings. The second kappa shape index (κ2) is 9.83. The van der Waals surface area contributed by atoms with Crippen molar-refractivity contribution in [3.63, 3.8) is 0 Å². The Balaban J connectivity index is 1.34. The zero-order chi connectivity index (χ0) is 26.4. The van der Waals surface area contributed by atoms with Crippen molar-refractivity contribution in [1.82, 2.24) is 14.8 Å². The summed E-state index contributed by atoms with van der Waals surface area (Å²) in [6, 6.07) is 13.7. The fraction of sp³-hybridized carbons (Fsp3) is 0.333. The molecule has 8 heteroatoms. The van der Waals surface area contributed by atoms with Crippen LogP contribution in [0.2, 0.25) is 0 Å². The molecular weight excluding hydrogens is 486 g/mol. The Labute approximate surface area is 220 Å². The van der Waals surface area contributed by atoms with Crippen molar-refractivity contribution in [2.75, 3.05) is 31.5 Å². The number of carbonyl (C=O) groups is 2. The van der Waals surface area contributed by atoms with Crippen molar-refractivity contribution < 1.29 is 18.4 Å². The summed E-state index contributed by atoms with van der Waals surface area (Å²) < 4.78 is 27.8. The number of carbonyl (C=O) groups excluding carboxylic acids is 2. The van der Waals surface area contributed by atoms with E-state index in [1.807, 2.05) is 42.2 Å². The highest BCUT2D eigenvalue weighted by Gasteiger charge is 2.35. The van der Waals surface area contributed by atoms with Gasteiger partial charge < -0.3 is 15.2 Å². The maximum Gasteiger partial charge on any atom is 0.256 e. The van der Waals surface area contributed by atoms with Crippen LogP contribution in [0.5, 0.6) is 0 Å². The number of hydrogen-bond donors (Lipinski definition) is 2. The molecule has 0 aliphatic carbocycles. The average molecular weight is 517 g/mol. The summed E-state index contributed by atoms with van der Waals surface area (Å²) in [5.74, 6) is -0.716. The minimum Gasteiger partial charge on any atom is -0.358 e. The van der Waals surface area contributed by atoms with Gasteiger partial charge in [0.25, 0.3) is 11.8 Å². The smallest absolute Gasteiger partial charge is 0.256 e. The lowest BCUT2D eigenvalue weighted by Crippen LogP contribution is -2.42. The van der Waals surface area contributed by atoms with Gasteiger partial charge in [0.2, 0.25) is 0 Å². The van der Waals surface area contributed by atoms with Crippen LogP contribution in [0.15, 0.2) is 48.5 Å². The zero-order valence-electron chi connectivity index (χ0n) is 21.3. The number of benzene rings is 2. The number of aromatic nitrogens is 1. The fourth-order valence-corrected chi connectivity index (χ4v) is 6.03. The Morgan fingerprint density at radius 2 is 1.97 bits per heavy atom. The van der Waals surface area contributed by atoms with E-state index >= 15 is 0 Å². The number of rotatable bonds is 5. The van der Waals surface area contributed by atoms with Crippen molar-refractivity contribution in [2.24, 2.45) is 0 Å². The molecule has 6 rings (SSSR count). The molecule has 2 atom stereocenters. The number of aromatic amines is 1. The van der Waals surface area contributed by atoms with Gasteiger partial charge in [-0.15, -0.1) is 0 Å². The molecule has 3 aliphatic heterocycles. The topological polar surface area (TPSA) is 68.4 Å². The number of alkyl halides is 1. The lowest BCUT2D eigenvalue weighted by Gasteiger charge is -2.28. The number of amides is 2. The van der Waals surface area contributed by atoms with E-state index in [4.69, 9.17) is 0 Å². The van der Waals surface area contributed by atoms with E-state index in [1.165, 1.54) is 12.1 Å².